The molecule has 0 N–H and O–H groups in total. The third kappa shape index (κ3) is 9.63. The number of allylic oxidation sites excluding steroid dienone is 1. The normalized spacial score (nSPS) is 9.88. The van der Waals surface area contributed by atoms with Gasteiger partial charge in [-0.05, 0) is 30.4 Å². The Balaban J connectivity index is 0.00000312. The highest BCUT2D eigenvalue weighted by atomic mass is 79.9. The molecular weight excluding hydrogens is 452 g/mol. The highest BCUT2D eigenvalue weighted by molar-refractivity contribution is 5.60. The molecule has 2 aromatic heterocycles. The van der Waals surface area contributed by atoms with Crippen LogP contribution in [0, 0.1) is 0 Å². The SMILES string of the molecule is C=CCCCCCCCCC[n+]1ccc(-c2cc[n+](C)cc2)cc1.[Br-].[Br-]. The molecule has 144 valence electrons. The van der Waals surface area contributed by atoms with Crippen LogP contribution in [0.1, 0.15) is 51.4 Å². The van der Waals surface area contributed by atoms with Crippen molar-refractivity contribution in [2.45, 2.75) is 57.9 Å². The molecule has 2 nitrogen and oxygen atoms in total. The molecule has 2 heterocycles. The van der Waals surface area contributed by atoms with Crippen LogP contribution in [0.5, 0.6) is 0 Å². The first-order chi connectivity index (χ1) is 11.8. The van der Waals surface area contributed by atoms with Crippen LogP contribution in [0.25, 0.3) is 11.1 Å². The zero-order valence-corrected chi connectivity index (χ0v) is 19.1. The molecule has 0 bridgehead atoms. The van der Waals surface area contributed by atoms with Gasteiger partial charge in [-0.1, -0.05) is 31.8 Å². The van der Waals surface area contributed by atoms with Crippen LogP contribution >= 0.6 is 0 Å². The van der Waals surface area contributed by atoms with Gasteiger partial charge in [-0.3, -0.25) is 0 Å². The molecule has 0 aliphatic heterocycles. The minimum Gasteiger partial charge on any atom is -1.00 e. The van der Waals surface area contributed by atoms with Gasteiger partial charge in [-0.2, -0.15) is 0 Å². The van der Waals surface area contributed by atoms with Crippen molar-refractivity contribution in [1.29, 1.82) is 0 Å². The monoisotopic (exact) mass is 482 g/mol. The lowest BCUT2D eigenvalue weighted by Crippen LogP contribution is -3.00. The molecule has 0 saturated carbocycles. The minimum atomic E-state index is 0. The van der Waals surface area contributed by atoms with E-state index in [0.29, 0.717) is 0 Å². The van der Waals surface area contributed by atoms with Gasteiger partial charge in [0.2, 0.25) is 0 Å². The lowest BCUT2D eigenvalue weighted by Gasteiger charge is -2.02. The second kappa shape index (κ2) is 15.1. The van der Waals surface area contributed by atoms with Gasteiger partial charge in [0.05, 0.1) is 0 Å². The van der Waals surface area contributed by atoms with Gasteiger partial charge in [0, 0.05) is 30.7 Å². The highest BCUT2D eigenvalue weighted by Gasteiger charge is 2.04. The molecule has 26 heavy (non-hydrogen) atoms. The molecule has 0 aliphatic carbocycles. The molecule has 0 saturated heterocycles. The van der Waals surface area contributed by atoms with E-state index < -0.39 is 0 Å². The third-order valence-electron chi connectivity index (χ3n) is 4.53. The molecule has 0 unspecified atom stereocenters. The van der Waals surface area contributed by atoms with E-state index in [9.17, 15) is 0 Å². The molecule has 2 rings (SSSR count). The van der Waals surface area contributed by atoms with E-state index in [0.717, 1.165) is 6.54 Å². The van der Waals surface area contributed by atoms with Gasteiger partial charge in [-0.25, -0.2) is 9.13 Å². The zero-order valence-electron chi connectivity index (χ0n) is 15.9. The summed E-state index contributed by atoms with van der Waals surface area (Å²) < 4.78 is 4.36. The number of aryl methyl sites for hydroxylation is 2. The fourth-order valence-corrected chi connectivity index (χ4v) is 2.96. The first kappa shape index (κ1) is 25.0. The number of pyridine rings is 2. The third-order valence-corrected chi connectivity index (χ3v) is 4.53. The standard InChI is InChI=1S/C22H32N2.2BrH/c1-3-4-5-6-7-8-9-10-11-16-24-19-14-22(15-20-24)21-12-17-23(2)18-13-21;;/h3,12-15,17-20H,1,4-11,16H2,2H3;2*1H/q+2;;/p-2. The molecule has 2 aromatic rings. The van der Waals surface area contributed by atoms with Gasteiger partial charge in [0.1, 0.15) is 13.6 Å². The Hall–Kier alpha value is -1.00. The summed E-state index contributed by atoms with van der Waals surface area (Å²) in [6, 6.07) is 8.76. The zero-order chi connectivity index (χ0) is 17.0. The number of aromatic nitrogens is 2. The van der Waals surface area contributed by atoms with Crippen LogP contribution < -0.4 is 43.1 Å². The van der Waals surface area contributed by atoms with E-state index in [4.69, 9.17) is 0 Å². The summed E-state index contributed by atoms with van der Waals surface area (Å²) in [4.78, 5) is 0. The van der Waals surface area contributed by atoms with Crippen molar-refractivity contribution >= 4 is 0 Å². The van der Waals surface area contributed by atoms with Crippen LogP contribution in [-0.2, 0) is 13.6 Å². The summed E-state index contributed by atoms with van der Waals surface area (Å²) in [5.41, 5.74) is 2.56. The number of nitrogens with zero attached hydrogens (tertiary/aromatic N) is 2. The number of halogens is 2. The van der Waals surface area contributed by atoms with Crippen LogP contribution in [0.2, 0.25) is 0 Å². The van der Waals surface area contributed by atoms with E-state index in [1.54, 1.807) is 0 Å². The minimum absolute atomic E-state index is 0. The Labute approximate surface area is 180 Å². The lowest BCUT2D eigenvalue weighted by atomic mass is 10.1. The van der Waals surface area contributed by atoms with E-state index in [1.807, 2.05) is 13.1 Å². The Morgan fingerprint density at radius 2 is 1.19 bits per heavy atom. The summed E-state index contributed by atoms with van der Waals surface area (Å²) >= 11 is 0. The summed E-state index contributed by atoms with van der Waals surface area (Å²) in [5, 5.41) is 0. The lowest BCUT2D eigenvalue weighted by molar-refractivity contribution is -0.697. The van der Waals surface area contributed by atoms with E-state index in [1.165, 1.54) is 62.5 Å². The molecule has 0 aliphatic rings. The number of unbranched alkanes of at least 4 members (excludes halogenated alkanes) is 7. The fraction of sp³-hybridized carbons (Fsp3) is 0.455. The van der Waals surface area contributed by atoms with Crippen LogP contribution in [0.3, 0.4) is 0 Å². The molecule has 4 heteroatoms. The molecular formula is C22H32Br2N2. The highest BCUT2D eigenvalue weighted by Crippen LogP contribution is 2.15. The van der Waals surface area contributed by atoms with Crippen molar-refractivity contribution in [2.75, 3.05) is 0 Å². The fourth-order valence-electron chi connectivity index (χ4n) is 2.96. The maximum absolute atomic E-state index is 3.77. The topological polar surface area (TPSA) is 7.76 Å². The average Bonchev–Trinajstić information content (AvgIpc) is 2.62. The van der Waals surface area contributed by atoms with Gasteiger partial charge < -0.3 is 34.0 Å². The average molecular weight is 484 g/mol. The number of hydrogen-bond donors (Lipinski definition) is 0. The predicted molar refractivity (Wildman–Crippen MR) is 100 cm³/mol. The Morgan fingerprint density at radius 1 is 0.731 bits per heavy atom. The smallest absolute Gasteiger partial charge is 0.169 e. The summed E-state index contributed by atoms with van der Waals surface area (Å²) in [6.45, 7) is 4.90. The first-order valence-electron chi connectivity index (χ1n) is 9.35. The van der Waals surface area contributed by atoms with Crippen LogP contribution in [0.4, 0.5) is 0 Å². The van der Waals surface area contributed by atoms with Crippen molar-refractivity contribution in [3.8, 4) is 11.1 Å². The molecule has 0 spiro atoms. The van der Waals surface area contributed by atoms with Gasteiger partial charge in [-0.15, -0.1) is 6.58 Å². The van der Waals surface area contributed by atoms with Gasteiger partial charge in [0.25, 0.3) is 0 Å². The second-order valence-corrected chi connectivity index (χ2v) is 6.63. The molecule has 0 amide bonds. The van der Waals surface area contributed by atoms with E-state index >= 15 is 0 Å². The Kier molecular flexibility index (Phi) is 14.5. The Morgan fingerprint density at radius 3 is 1.73 bits per heavy atom. The van der Waals surface area contributed by atoms with Crippen molar-refractivity contribution in [2.24, 2.45) is 7.05 Å². The quantitative estimate of drug-likeness (QED) is 0.215. The number of rotatable bonds is 11. The summed E-state index contributed by atoms with van der Waals surface area (Å²) in [6.07, 6.45) is 21.2. The molecule has 0 aromatic carbocycles. The van der Waals surface area contributed by atoms with E-state index in [-0.39, 0.29) is 34.0 Å². The predicted octanol–water partition coefficient (Wildman–Crippen LogP) is -1.22. The first-order valence-corrected chi connectivity index (χ1v) is 9.35. The van der Waals surface area contributed by atoms with Crippen molar-refractivity contribution in [3.63, 3.8) is 0 Å². The Bertz CT molecular complexity index is 595. The van der Waals surface area contributed by atoms with Crippen molar-refractivity contribution in [1.82, 2.24) is 0 Å². The van der Waals surface area contributed by atoms with Gasteiger partial charge >= 0.3 is 0 Å². The summed E-state index contributed by atoms with van der Waals surface area (Å²) in [7, 11) is 2.05. The summed E-state index contributed by atoms with van der Waals surface area (Å²) in [5.74, 6) is 0. The molecule has 0 radical (unpaired) electrons. The second-order valence-electron chi connectivity index (χ2n) is 6.63. The van der Waals surface area contributed by atoms with Crippen LogP contribution in [0.15, 0.2) is 61.7 Å². The van der Waals surface area contributed by atoms with Gasteiger partial charge in [0.15, 0.2) is 24.8 Å². The largest absolute Gasteiger partial charge is 1.00 e. The van der Waals surface area contributed by atoms with Crippen molar-refractivity contribution in [3.05, 3.63) is 61.7 Å². The number of hydrogen-bond acceptors (Lipinski definition) is 0. The van der Waals surface area contributed by atoms with E-state index in [2.05, 4.69) is 64.8 Å². The van der Waals surface area contributed by atoms with Crippen LogP contribution in [-0.4, -0.2) is 0 Å². The maximum Gasteiger partial charge on any atom is 0.169 e. The molecule has 0 fully saturated rings. The maximum atomic E-state index is 3.77. The van der Waals surface area contributed by atoms with Crippen molar-refractivity contribution < 1.29 is 43.1 Å². The molecule has 0 atom stereocenters.